The van der Waals surface area contributed by atoms with Gasteiger partial charge in [-0.15, -0.1) is 0 Å². The summed E-state index contributed by atoms with van der Waals surface area (Å²) in [4.78, 5) is 16.6. The average Bonchev–Trinajstić information content (AvgIpc) is 2.67. The number of carboxylic acid groups (broad SMARTS) is 1. The molecule has 1 aliphatic rings. The number of carbonyl (C=O) groups is 1. The summed E-state index contributed by atoms with van der Waals surface area (Å²) in [5.74, 6) is -0.998. The van der Waals surface area contributed by atoms with E-state index in [4.69, 9.17) is 9.63 Å². The average molecular weight is 211 g/mol. The fraction of sp³-hybridized carbons (Fsp3) is 0.667. The van der Waals surface area contributed by atoms with Crippen LogP contribution < -0.4 is 0 Å². The summed E-state index contributed by atoms with van der Waals surface area (Å²) < 4.78 is 4.95. The van der Waals surface area contributed by atoms with Crippen molar-refractivity contribution >= 4 is 5.97 Å². The molecule has 1 aromatic heterocycles. The Morgan fingerprint density at radius 1 is 1.60 bits per heavy atom. The van der Waals surface area contributed by atoms with Crippen LogP contribution in [-0.4, -0.2) is 39.7 Å². The third-order valence-corrected chi connectivity index (χ3v) is 2.69. The van der Waals surface area contributed by atoms with E-state index in [1.165, 1.54) is 0 Å². The van der Waals surface area contributed by atoms with E-state index in [-0.39, 0.29) is 11.9 Å². The molecule has 2 heterocycles. The van der Waals surface area contributed by atoms with Crippen LogP contribution in [0, 0.1) is 0 Å². The lowest BCUT2D eigenvalue weighted by Crippen LogP contribution is -2.29. The van der Waals surface area contributed by atoms with Gasteiger partial charge in [0.2, 0.25) is 5.89 Å². The molecule has 1 N–H and O–H groups in total. The lowest BCUT2D eigenvalue weighted by Gasteiger charge is -2.29. The maximum atomic E-state index is 10.6. The summed E-state index contributed by atoms with van der Waals surface area (Å²) in [7, 11) is 1.98. The lowest BCUT2D eigenvalue weighted by atomic mass is 10.0. The summed E-state index contributed by atoms with van der Waals surface area (Å²) in [5, 5.41) is 12.1. The Balaban J connectivity index is 2.17. The van der Waals surface area contributed by atoms with Gasteiger partial charge in [0.25, 0.3) is 5.82 Å². The number of aromatic nitrogens is 2. The zero-order chi connectivity index (χ0) is 10.8. The van der Waals surface area contributed by atoms with Gasteiger partial charge in [-0.1, -0.05) is 6.42 Å². The van der Waals surface area contributed by atoms with Crippen molar-refractivity contribution in [2.45, 2.75) is 25.3 Å². The molecular weight excluding hydrogens is 198 g/mol. The second kappa shape index (κ2) is 3.98. The van der Waals surface area contributed by atoms with Crippen molar-refractivity contribution in [2.75, 3.05) is 13.6 Å². The Morgan fingerprint density at radius 2 is 2.40 bits per heavy atom. The summed E-state index contributed by atoms with van der Waals surface area (Å²) in [6.07, 6.45) is 3.21. The van der Waals surface area contributed by atoms with Crippen LogP contribution in [0.5, 0.6) is 0 Å². The second-order valence-electron chi connectivity index (χ2n) is 3.75. The van der Waals surface area contributed by atoms with Gasteiger partial charge in [-0.3, -0.25) is 4.90 Å². The van der Waals surface area contributed by atoms with E-state index in [9.17, 15) is 4.79 Å². The molecule has 82 valence electrons. The number of piperidine rings is 1. The molecule has 0 spiro atoms. The molecule has 0 aliphatic carbocycles. The van der Waals surface area contributed by atoms with Crippen molar-refractivity contribution < 1.29 is 14.4 Å². The number of hydrogen-bond acceptors (Lipinski definition) is 5. The minimum atomic E-state index is -1.15. The third kappa shape index (κ3) is 1.99. The van der Waals surface area contributed by atoms with Crippen LogP contribution in [0.4, 0.5) is 0 Å². The van der Waals surface area contributed by atoms with Gasteiger partial charge in [-0.2, -0.15) is 4.98 Å². The van der Waals surface area contributed by atoms with Crippen molar-refractivity contribution in [3.63, 3.8) is 0 Å². The molecule has 0 saturated carbocycles. The second-order valence-corrected chi connectivity index (χ2v) is 3.75. The summed E-state index contributed by atoms with van der Waals surface area (Å²) in [6.45, 7) is 0.982. The highest BCUT2D eigenvalue weighted by Gasteiger charge is 2.27. The van der Waals surface area contributed by atoms with Crippen LogP contribution >= 0.6 is 0 Å². The first-order valence-corrected chi connectivity index (χ1v) is 4.95. The molecule has 1 aliphatic heterocycles. The highest BCUT2D eigenvalue weighted by molar-refractivity contribution is 5.82. The fourth-order valence-corrected chi connectivity index (χ4v) is 1.84. The molecule has 6 nitrogen and oxygen atoms in total. The Labute approximate surface area is 86.9 Å². The van der Waals surface area contributed by atoms with Crippen LogP contribution in [0.25, 0.3) is 0 Å². The van der Waals surface area contributed by atoms with Gasteiger partial charge in [0.15, 0.2) is 0 Å². The molecule has 1 unspecified atom stereocenters. The predicted molar refractivity (Wildman–Crippen MR) is 50.5 cm³/mol. The number of likely N-dealkylation sites (tertiary alicyclic amines) is 1. The van der Waals surface area contributed by atoms with Crippen LogP contribution in [-0.2, 0) is 0 Å². The maximum Gasteiger partial charge on any atom is 0.377 e. The van der Waals surface area contributed by atoms with Crippen molar-refractivity contribution in [3.8, 4) is 0 Å². The zero-order valence-electron chi connectivity index (χ0n) is 8.51. The molecule has 1 fully saturated rings. The van der Waals surface area contributed by atoms with Crippen LogP contribution in [0.2, 0.25) is 0 Å². The van der Waals surface area contributed by atoms with Crippen LogP contribution in [0.3, 0.4) is 0 Å². The normalized spacial score (nSPS) is 22.9. The first kappa shape index (κ1) is 10.1. The predicted octanol–water partition coefficient (Wildman–Crippen LogP) is 0.925. The van der Waals surface area contributed by atoms with Crippen LogP contribution in [0.1, 0.15) is 41.8 Å². The minimum Gasteiger partial charge on any atom is -0.475 e. The highest BCUT2D eigenvalue weighted by Crippen LogP contribution is 2.27. The van der Waals surface area contributed by atoms with E-state index in [1.807, 2.05) is 7.05 Å². The standard InChI is InChI=1S/C9H13N3O3/c1-12-5-3-2-4-6(12)8-10-7(9(13)14)11-15-8/h6H,2-5H2,1H3,(H,13,14). The number of aromatic carboxylic acids is 1. The van der Waals surface area contributed by atoms with E-state index in [1.54, 1.807) is 0 Å². The maximum absolute atomic E-state index is 10.6. The highest BCUT2D eigenvalue weighted by atomic mass is 16.5. The van der Waals surface area contributed by atoms with E-state index >= 15 is 0 Å². The summed E-state index contributed by atoms with van der Waals surface area (Å²) in [5.41, 5.74) is 0. The van der Waals surface area contributed by atoms with Crippen molar-refractivity contribution in [2.24, 2.45) is 0 Å². The molecule has 15 heavy (non-hydrogen) atoms. The molecule has 0 bridgehead atoms. The van der Waals surface area contributed by atoms with Gasteiger partial charge in [0.1, 0.15) is 0 Å². The molecular formula is C9H13N3O3. The molecule has 1 saturated heterocycles. The van der Waals surface area contributed by atoms with E-state index in [0.717, 1.165) is 25.8 Å². The largest absolute Gasteiger partial charge is 0.475 e. The fourth-order valence-electron chi connectivity index (χ4n) is 1.84. The lowest BCUT2D eigenvalue weighted by molar-refractivity contribution is 0.0680. The zero-order valence-corrected chi connectivity index (χ0v) is 8.51. The topological polar surface area (TPSA) is 79.5 Å². The minimum absolute atomic E-state index is 0.0688. The van der Waals surface area contributed by atoms with E-state index in [0.29, 0.717) is 5.89 Å². The Hall–Kier alpha value is -1.43. The van der Waals surface area contributed by atoms with Gasteiger partial charge in [0.05, 0.1) is 6.04 Å². The van der Waals surface area contributed by atoms with E-state index < -0.39 is 5.97 Å². The van der Waals surface area contributed by atoms with Gasteiger partial charge in [-0.25, -0.2) is 4.79 Å². The van der Waals surface area contributed by atoms with Gasteiger partial charge in [0, 0.05) is 0 Å². The van der Waals surface area contributed by atoms with Gasteiger partial charge < -0.3 is 9.63 Å². The Bertz CT molecular complexity index is 363. The van der Waals surface area contributed by atoms with Crippen molar-refractivity contribution in [1.82, 2.24) is 15.0 Å². The molecule has 2 rings (SSSR count). The van der Waals surface area contributed by atoms with Crippen LogP contribution in [0.15, 0.2) is 4.52 Å². The van der Waals surface area contributed by atoms with E-state index in [2.05, 4.69) is 15.0 Å². The molecule has 6 heteroatoms. The summed E-state index contributed by atoms with van der Waals surface area (Å²) in [6, 6.07) is 0.0688. The number of rotatable bonds is 2. The first-order chi connectivity index (χ1) is 7.18. The molecule has 1 aromatic rings. The number of carboxylic acids is 1. The molecule has 0 aromatic carbocycles. The molecule has 0 radical (unpaired) electrons. The molecule has 0 amide bonds. The van der Waals surface area contributed by atoms with Crippen molar-refractivity contribution in [1.29, 1.82) is 0 Å². The van der Waals surface area contributed by atoms with Gasteiger partial charge >= 0.3 is 5.97 Å². The number of nitrogens with zero attached hydrogens (tertiary/aromatic N) is 3. The first-order valence-electron chi connectivity index (χ1n) is 4.95. The third-order valence-electron chi connectivity index (χ3n) is 2.69. The van der Waals surface area contributed by atoms with Crippen molar-refractivity contribution in [3.05, 3.63) is 11.7 Å². The Kier molecular flexibility index (Phi) is 2.68. The SMILES string of the molecule is CN1CCCCC1c1nc(C(=O)O)no1. The quantitative estimate of drug-likeness (QED) is 0.783. The Morgan fingerprint density at radius 3 is 3.00 bits per heavy atom. The monoisotopic (exact) mass is 211 g/mol. The molecule has 1 atom stereocenters. The summed E-state index contributed by atoms with van der Waals surface area (Å²) >= 11 is 0. The number of hydrogen-bond donors (Lipinski definition) is 1. The smallest absolute Gasteiger partial charge is 0.377 e. The van der Waals surface area contributed by atoms with Gasteiger partial charge in [-0.05, 0) is 31.6 Å².